The van der Waals surface area contributed by atoms with Gasteiger partial charge in [0, 0.05) is 58.8 Å². The van der Waals surface area contributed by atoms with Gasteiger partial charge in [0.2, 0.25) is 5.95 Å². The number of fused-ring (bicyclic) bond motifs is 18. The molecule has 0 radical (unpaired) electrons. The Hall–Kier alpha value is -9.76. The second kappa shape index (κ2) is 16.1. The van der Waals surface area contributed by atoms with Crippen molar-refractivity contribution in [3.8, 4) is 56.3 Å². The molecule has 0 unspecified atom stereocenters. The van der Waals surface area contributed by atoms with Crippen LogP contribution in [0.25, 0.3) is 117 Å². The third-order valence-electron chi connectivity index (χ3n) is 15.2. The number of imidazole rings is 1. The standard InChI is InChI=1S/C67H42N6OS/c1-3-22-44(23-4-1)75(45-24-5-2-6-25-45,61-40-20-39-60-64(61)74-67-69-56-35-15-18-38-59(56)72(60)67)46-26-19-21-43(41-46)71-57-36-16-13-33-53(57)62-54-34-14-17-37-58(54)73(65(62)71)66-68-42-55-51-31-10-9-29-49(51)47-27-7-8-28-48(47)50-30-11-12-32-52(50)63(55)70-66/h1-42H. The van der Waals surface area contributed by atoms with Gasteiger partial charge in [-0.2, -0.15) is 4.98 Å². The molecule has 16 rings (SSSR count). The largest absolute Gasteiger partial charge is 0.422 e. The quantitative estimate of drug-likeness (QED) is 0.166. The highest BCUT2D eigenvalue weighted by Crippen LogP contribution is 2.74. The normalized spacial score (nSPS) is 12.5. The fraction of sp³-hybridized carbons (Fsp3) is 0. The summed E-state index contributed by atoms with van der Waals surface area (Å²) in [5, 5.41) is 3.42. The van der Waals surface area contributed by atoms with Gasteiger partial charge in [0.15, 0.2) is 5.58 Å². The number of rotatable bonds is 6. The van der Waals surface area contributed by atoms with E-state index in [0.717, 1.165) is 104 Å². The van der Waals surface area contributed by atoms with Gasteiger partial charge in [-0.1, -0.05) is 170 Å². The molecule has 352 valence electrons. The van der Waals surface area contributed by atoms with Gasteiger partial charge in [0.05, 0.1) is 33.3 Å². The minimum atomic E-state index is -2.29. The molecule has 0 amide bonds. The molecule has 8 heteroatoms. The molecule has 5 aromatic heterocycles. The van der Waals surface area contributed by atoms with E-state index in [4.69, 9.17) is 19.4 Å². The molecule has 0 bridgehead atoms. The molecular formula is C67H42N6OS. The van der Waals surface area contributed by atoms with E-state index in [0.29, 0.717) is 11.8 Å². The highest BCUT2D eigenvalue weighted by molar-refractivity contribution is 8.34. The predicted molar refractivity (Wildman–Crippen MR) is 305 cm³/mol. The molecule has 0 saturated carbocycles. The van der Waals surface area contributed by atoms with Crippen molar-refractivity contribution in [1.29, 1.82) is 0 Å². The molecule has 7 nitrogen and oxygen atoms in total. The number of nitrogens with zero attached hydrogens (tertiary/aromatic N) is 6. The van der Waals surface area contributed by atoms with Gasteiger partial charge in [0.1, 0.15) is 5.65 Å². The molecule has 0 atom stereocenters. The van der Waals surface area contributed by atoms with Crippen molar-refractivity contribution in [2.24, 2.45) is 0 Å². The van der Waals surface area contributed by atoms with Crippen molar-refractivity contribution in [3.05, 3.63) is 255 Å². The van der Waals surface area contributed by atoms with E-state index >= 15 is 0 Å². The lowest BCUT2D eigenvalue weighted by Gasteiger charge is -2.42. The second-order valence-electron chi connectivity index (χ2n) is 19.1. The Bertz CT molecular complexity index is 4750. The summed E-state index contributed by atoms with van der Waals surface area (Å²) in [4.78, 5) is 20.8. The molecule has 10 aromatic carbocycles. The van der Waals surface area contributed by atoms with E-state index in [9.17, 15) is 0 Å². The summed E-state index contributed by atoms with van der Waals surface area (Å²) in [5.74, 6) is 1.17. The Balaban J connectivity index is 0.990. The number of aromatic nitrogens is 6. The maximum atomic E-state index is 7.02. The van der Waals surface area contributed by atoms with E-state index in [1.54, 1.807) is 0 Å². The molecule has 0 fully saturated rings. The summed E-state index contributed by atoms with van der Waals surface area (Å²) >= 11 is 0. The average molecular weight is 979 g/mol. The summed E-state index contributed by atoms with van der Waals surface area (Å²) < 4.78 is 13.9. The lowest BCUT2D eigenvalue weighted by molar-refractivity contribution is 0.635. The van der Waals surface area contributed by atoms with Gasteiger partial charge in [0.25, 0.3) is 0 Å². The first-order chi connectivity index (χ1) is 37.2. The van der Waals surface area contributed by atoms with Crippen molar-refractivity contribution < 1.29 is 4.42 Å². The zero-order valence-corrected chi connectivity index (χ0v) is 41.1. The first-order valence-electron chi connectivity index (χ1n) is 25.3. The summed E-state index contributed by atoms with van der Waals surface area (Å²) in [6.45, 7) is 0. The van der Waals surface area contributed by atoms with Crippen LogP contribution in [0.4, 0.5) is 0 Å². The highest BCUT2D eigenvalue weighted by Gasteiger charge is 2.37. The van der Waals surface area contributed by atoms with Crippen LogP contribution in [0, 0.1) is 0 Å². The zero-order chi connectivity index (χ0) is 49.2. The first kappa shape index (κ1) is 41.8. The van der Waals surface area contributed by atoms with Crippen molar-refractivity contribution in [2.45, 2.75) is 19.6 Å². The van der Waals surface area contributed by atoms with Crippen LogP contribution >= 0.6 is 10.0 Å². The average Bonchev–Trinajstić information content (AvgIpc) is 4.33. The molecule has 0 spiro atoms. The van der Waals surface area contributed by atoms with Crippen LogP contribution in [0.1, 0.15) is 0 Å². The van der Waals surface area contributed by atoms with Gasteiger partial charge in [-0.3, -0.25) is 13.5 Å². The second-order valence-corrected chi connectivity index (χ2v) is 22.2. The molecule has 1 aliphatic carbocycles. The topological polar surface area (TPSA) is 66.1 Å². The van der Waals surface area contributed by atoms with Crippen molar-refractivity contribution in [1.82, 2.24) is 28.5 Å². The third kappa shape index (κ3) is 5.91. The van der Waals surface area contributed by atoms with Gasteiger partial charge >= 0.3 is 5.84 Å². The molecule has 75 heavy (non-hydrogen) atoms. The van der Waals surface area contributed by atoms with Crippen LogP contribution in [-0.4, -0.2) is 28.5 Å². The number of benzene rings is 10. The first-order valence-corrected chi connectivity index (χ1v) is 26.9. The van der Waals surface area contributed by atoms with E-state index in [1.807, 2.05) is 18.3 Å². The SMILES string of the molecule is c1ccc(S(c2ccccc2)(c2cccc(-n3c4ccccc4c4c5ccccc5n(-c5ncc6c(n5)-c5ccccc5-c5ccccc5-c5ccccc5-6)c43)c2)c2cccc3c2oc2nc4ccccc4n23)cc1. The Labute approximate surface area is 432 Å². The van der Waals surface area contributed by atoms with Gasteiger partial charge in [-0.25, -0.2) is 9.97 Å². The molecule has 15 aromatic rings. The van der Waals surface area contributed by atoms with E-state index in [2.05, 4.69) is 250 Å². The highest BCUT2D eigenvalue weighted by atomic mass is 32.3. The maximum Gasteiger partial charge on any atom is 0.307 e. The Morgan fingerprint density at radius 3 is 1.56 bits per heavy atom. The van der Waals surface area contributed by atoms with E-state index in [-0.39, 0.29) is 0 Å². The number of hydrogen-bond acceptors (Lipinski definition) is 4. The van der Waals surface area contributed by atoms with Crippen molar-refractivity contribution in [3.63, 3.8) is 0 Å². The van der Waals surface area contributed by atoms with Gasteiger partial charge in [-0.15, -0.1) is 10.0 Å². The summed E-state index contributed by atoms with van der Waals surface area (Å²) in [6.07, 6.45) is 2.04. The minimum Gasteiger partial charge on any atom is -0.422 e. The minimum absolute atomic E-state index is 0.573. The van der Waals surface area contributed by atoms with Gasteiger partial charge in [-0.05, 0) is 107 Å². The number of oxazole rings is 1. The number of para-hydroxylation sites is 5. The van der Waals surface area contributed by atoms with E-state index in [1.165, 1.54) is 20.9 Å². The molecule has 1 aliphatic rings. The van der Waals surface area contributed by atoms with Crippen molar-refractivity contribution in [2.75, 3.05) is 0 Å². The van der Waals surface area contributed by atoms with Crippen molar-refractivity contribution >= 4 is 70.8 Å². The summed E-state index contributed by atoms with van der Waals surface area (Å²) in [6, 6.07) is 89.5. The molecular weight excluding hydrogens is 937 g/mol. The predicted octanol–water partition coefficient (Wildman–Crippen LogP) is 17.4. The van der Waals surface area contributed by atoms with Crippen LogP contribution < -0.4 is 0 Å². The van der Waals surface area contributed by atoms with Crippen LogP contribution in [0.2, 0.25) is 0 Å². The summed E-state index contributed by atoms with van der Waals surface area (Å²) in [7, 11) is -2.29. The summed E-state index contributed by atoms with van der Waals surface area (Å²) in [5.41, 5.74) is 16.5. The Kier molecular flexibility index (Phi) is 8.99. The zero-order valence-electron chi connectivity index (χ0n) is 40.2. The van der Waals surface area contributed by atoms with Gasteiger partial charge < -0.3 is 4.42 Å². The fourth-order valence-corrected chi connectivity index (χ4v) is 16.1. The van der Waals surface area contributed by atoms with E-state index < -0.39 is 10.0 Å². The van der Waals surface area contributed by atoms with Crippen LogP contribution in [0.15, 0.2) is 279 Å². The molecule has 0 N–H and O–H groups in total. The fourth-order valence-electron chi connectivity index (χ4n) is 12.1. The van der Waals surface area contributed by atoms with Crippen LogP contribution in [-0.2, 0) is 0 Å². The van der Waals surface area contributed by atoms with Crippen LogP contribution in [0.5, 0.6) is 0 Å². The molecule has 5 heterocycles. The molecule has 0 saturated heterocycles. The monoisotopic (exact) mass is 978 g/mol. The molecule has 0 aliphatic heterocycles. The maximum absolute atomic E-state index is 7.02. The lowest BCUT2D eigenvalue weighted by Crippen LogP contribution is -2.09. The third-order valence-corrected chi connectivity index (χ3v) is 19.1. The smallest absolute Gasteiger partial charge is 0.307 e. The van der Waals surface area contributed by atoms with Crippen LogP contribution in [0.3, 0.4) is 0 Å². The lowest BCUT2D eigenvalue weighted by atomic mass is 9.83. The Morgan fingerprint density at radius 2 is 0.893 bits per heavy atom. The Morgan fingerprint density at radius 1 is 0.387 bits per heavy atom. The number of hydrogen-bond donors (Lipinski definition) is 0.